The zero-order valence-electron chi connectivity index (χ0n) is 21.5. The van der Waals surface area contributed by atoms with E-state index in [0.717, 1.165) is 12.8 Å². The lowest BCUT2D eigenvalue weighted by Gasteiger charge is -2.14. The van der Waals surface area contributed by atoms with Crippen LogP contribution in [0.5, 0.6) is 0 Å². The Morgan fingerprint density at radius 3 is 1.39 bits per heavy atom. The quantitative estimate of drug-likeness (QED) is 0.110. The monoisotopic (exact) mass is 476 g/mol. The Morgan fingerprint density at radius 2 is 0.939 bits per heavy atom. The molecular formula is C26H52O7. The zero-order valence-corrected chi connectivity index (χ0v) is 21.5. The smallest absolute Gasteiger partial charge is 0.361 e. The molecule has 0 amide bonds. The van der Waals surface area contributed by atoms with Gasteiger partial charge in [-0.15, -0.1) is 0 Å². The molecule has 0 radical (unpaired) electrons. The summed E-state index contributed by atoms with van der Waals surface area (Å²) < 4.78 is 26.5. The summed E-state index contributed by atoms with van der Waals surface area (Å²) in [6.07, 6.45) is 16.8. The number of carbonyl (C=O) groups is 1. The van der Waals surface area contributed by atoms with Gasteiger partial charge in [0.25, 0.3) is 6.29 Å². The highest BCUT2D eigenvalue weighted by Crippen LogP contribution is 2.13. The molecule has 0 aromatic carbocycles. The van der Waals surface area contributed by atoms with E-state index in [1.165, 1.54) is 77.0 Å². The molecule has 0 bridgehead atoms. The molecule has 0 heterocycles. The highest BCUT2D eigenvalue weighted by molar-refractivity contribution is 5.70. The molecular weight excluding hydrogens is 424 g/mol. The first-order valence-corrected chi connectivity index (χ1v) is 13.4. The van der Waals surface area contributed by atoms with Gasteiger partial charge >= 0.3 is 5.97 Å². The largest absolute Gasteiger partial charge is 0.477 e. The van der Waals surface area contributed by atoms with E-state index < -0.39 is 12.3 Å². The van der Waals surface area contributed by atoms with Crippen molar-refractivity contribution in [3.63, 3.8) is 0 Å². The molecule has 0 rings (SSSR count). The fraction of sp³-hybridized carbons (Fsp3) is 0.962. The molecule has 7 heteroatoms. The van der Waals surface area contributed by atoms with Gasteiger partial charge in [-0.05, 0) is 13.3 Å². The summed E-state index contributed by atoms with van der Waals surface area (Å²) in [5.41, 5.74) is 0. The third kappa shape index (κ3) is 25.7. The summed E-state index contributed by atoms with van der Waals surface area (Å²) >= 11 is 0. The van der Waals surface area contributed by atoms with E-state index in [0.29, 0.717) is 46.2 Å². The van der Waals surface area contributed by atoms with Crippen LogP contribution in [-0.2, 0) is 28.5 Å². The van der Waals surface area contributed by atoms with E-state index in [1.807, 2.05) is 6.92 Å². The first kappa shape index (κ1) is 32.3. The van der Waals surface area contributed by atoms with Gasteiger partial charge in [0.15, 0.2) is 0 Å². The topological polar surface area (TPSA) is 83.5 Å². The van der Waals surface area contributed by atoms with Crippen molar-refractivity contribution in [1.29, 1.82) is 0 Å². The van der Waals surface area contributed by atoms with E-state index in [4.69, 9.17) is 23.7 Å². The molecule has 0 aliphatic carbocycles. The van der Waals surface area contributed by atoms with Crippen LogP contribution < -0.4 is 0 Å². The Hall–Kier alpha value is -0.730. The Kier molecular flexibility index (Phi) is 26.9. The first-order valence-electron chi connectivity index (χ1n) is 13.4. The second-order valence-electron chi connectivity index (χ2n) is 8.43. The molecule has 0 fully saturated rings. The summed E-state index contributed by atoms with van der Waals surface area (Å²) in [7, 11) is 0. The number of rotatable bonds is 28. The van der Waals surface area contributed by atoms with E-state index in [1.54, 1.807) is 0 Å². The molecule has 0 spiro atoms. The molecule has 1 unspecified atom stereocenters. The van der Waals surface area contributed by atoms with Crippen molar-refractivity contribution in [3.8, 4) is 0 Å². The minimum absolute atomic E-state index is 0.175. The fourth-order valence-corrected chi connectivity index (χ4v) is 3.48. The minimum Gasteiger partial charge on any atom is -0.477 e. The molecule has 0 saturated heterocycles. The van der Waals surface area contributed by atoms with Crippen LogP contribution in [0.25, 0.3) is 0 Å². The molecule has 0 aliphatic rings. The Balaban J connectivity index is 3.39. The van der Waals surface area contributed by atoms with Gasteiger partial charge < -0.3 is 28.8 Å². The Bertz CT molecular complexity index is 393. The van der Waals surface area contributed by atoms with Crippen LogP contribution in [0.15, 0.2) is 0 Å². The van der Waals surface area contributed by atoms with Crippen LogP contribution in [0.4, 0.5) is 0 Å². The van der Waals surface area contributed by atoms with Gasteiger partial charge in [0.2, 0.25) is 0 Å². The predicted octanol–water partition coefficient (Wildman–Crippen LogP) is 5.98. The first-order chi connectivity index (χ1) is 16.2. The van der Waals surface area contributed by atoms with Gasteiger partial charge in [0, 0.05) is 6.61 Å². The van der Waals surface area contributed by atoms with Gasteiger partial charge in [-0.3, -0.25) is 0 Å². The summed E-state index contributed by atoms with van der Waals surface area (Å²) in [5, 5.41) is 9.21. The fourth-order valence-electron chi connectivity index (χ4n) is 3.48. The van der Waals surface area contributed by atoms with Gasteiger partial charge in [-0.1, -0.05) is 90.4 Å². The van der Waals surface area contributed by atoms with Gasteiger partial charge in [0.1, 0.15) is 0 Å². The molecule has 33 heavy (non-hydrogen) atoms. The lowest BCUT2D eigenvalue weighted by Crippen LogP contribution is -2.29. The average molecular weight is 477 g/mol. The van der Waals surface area contributed by atoms with E-state index >= 15 is 0 Å². The van der Waals surface area contributed by atoms with Gasteiger partial charge in [-0.25, -0.2) is 4.79 Å². The third-order valence-electron chi connectivity index (χ3n) is 5.41. The highest BCUT2D eigenvalue weighted by Gasteiger charge is 2.18. The van der Waals surface area contributed by atoms with Crippen LogP contribution in [-0.4, -0.2) is 70.2 Å². The van der Waals surface area contributed by atoms with Gasteiger partial charge in [-0.2, -0.15) is 0 Å². The number of aliphatic carboxylic acids is 1. The molecule has 0 aromatic rings. The number of hydrogen-bond donors (Lipinski definition) is 1. The summed E-state index contributed by atoms with van der Waals surface area (Å²) in [6, 6.07) is 0. The van der Waals surface area contributed by atoms with E-state index in [2.05, 4.69) is 6.92 Å². The Labute approximate surface area is 202 Å². The lowest BCUT2D eigenvalue weighted by molar-refractivity contribution is -0.192. The van der Waals surface area contributed by atoms with Crippen LogP contribution in [0.2, 0.25) is 0 Å². The van der Waals surface area contributed by atoms with Crippen molar-refractivity contribution in [2.75, 3.05) is 52.9 Å². The molecule has 0 aliphatic heterocycles. The van der Waals surface area contributed by atoms with Crippen molar-refractivity contribution < 1.29 is 33.6 Å². The standard InChI is InChI=1S/C26H52O7/c1-3-5-6-7-8-9-10-11-12-13-14-15-16-17-18-32-26(25(27)28)33-24-23-31-22-21-30-20-19-29-4-2/h26H,3-24H2,1-2H3,(H,27,28). The van der Waals surface area contributed by atoms with Crippen LogP contribution in [0.1, 0.15) is 104 Å². The zero-order chi connectivity index (χ0) is 24.2. The van der Waals surface area contributed by atoms with Crippen LogP contribution in [0.3, 0.4) is 0 Å². The Morgan fingerprint density at radius 1 is 0.545 bits per heavy atom. The van der Waals surface area contributed by atoms with Crippen LogP contribution >= 0.6 is 0 Å². The number of carboxylic acids is 1. The second kappa shape index (κ2) is 27.5. The van der Waals surface area contributed by atoms with Gasteiger partial charge in [0.05, 0.1) is 46.2 Å². The maximum Gasteiger partial charge on any atom is 0.361 e. The number of ether oxygens (including phenoxy) is 5. The summed E-state index contributed by atoms with van der Waals surface area (Å²) in [6.45, 7) is 7.81. The van der Waals surface area contributed by atoms with E-state index in [9.17, 15) is 9.90 Å². The maximum absolute atomic E-state index is 11.2. The molecule has 7 nitrogen and oxygen atoms in total. The minimum atomic E-state index is -1.22. The van der Waals surface area contributed by atoms with Crippen molar-refractivity contribution in [2.45, 2.75) is 110 Å². The van der Waals surface area contributed by atoms with Crippen molar-refractivity contribution in [1.82, 2.24) is 0 Å². The van der Waals surface area contributed by atoms with Crippen molar-refractivity contribution in [3.05, 3.63) is 0 Å². The van der Waals surface area contributed by atoms with Crippen LogP contribution in [0, 0.1) is 0 Å². The lowest BCUT2D eigenvalue weighted by atomic mass is 10.0. The number of hydrogen-bond acceptors (Lipinski definition) is 6. The molecule has 1 N–H and O–H groups in total. The normalized spacial score (nSPS) is 12.3. The third-order valence-corrected chi connectivity index (χ3v) is 5.41. The SMILES string of the molecule is CCCCCCCCCCCCCCCCOC(OCCOCCOCCOCC)C(=O)O. The highest BCUT2D eigenvalue weighted by atomic mass is 16.7. The van der Waals surface area contributed by atoms with Crippen molar-refractivity contribution >= 4 is 5.97 Å². The maximum atomic E-state index is 11.2. The predicted molar refractivity (Wildman–Crippen MR) is 132 cm³/mol. The molecule has 198 valence electrons. The molecule has 0 saturated carbocycles. The second-order valence-corrected chi connectivity index (χ2v) is 8.43. The average Bonchev–Trinajstić information content (AvgIpc) is 2.81. The number of unbranched alkanes of at least 4 members (excludes halogenated alkanes) is 13. The molecule has 0 aromatic heterocycles. The summed E-state index contributed by atoms with van der Waals surface area (Å²) in [4.78, 5) is 11.2. The van der Waals surface area contributed by atoms with Crippen molar-refractivity contribution in [2.24, 2.45) is 0 Å². The molecule has 1 atom stereocenters. The van der Waals surface area contributed by atoms with E-state index in [-0.39, 0.29) is 6.61 Å². The summed E-state index contributed by atoms with van der Waals surface area (Å²) in [5.74, 6) is -1.10. The number of carboxylic acid groups (broad SMARTS) is 1.